The summed E-state index contributed by atoms with van der Waals surface area (Å²) in [5.41, 5.74) is 0.351. The third-order valence-corrected chi connectivity index (χ3v) is 3.81. The van der Waals surface area contributed by atoms with Crippen LogP contribution in [0.15, 0.2) is 0 Å². The summed E-state index contributed by atoms with van der Waals surface area (Å²) in [5.74, 6) is 0. The topological polar surface area (TPSA) is 30.5 Å². The van der Waals surface area contributed by atoms with Crippen molar-refractivity contribution < 1.29 is 9.47 Å². The molecule has 0 heterocycles. The number of hydrogen-bond acceptors (Lipinski definition) is 3. The van der Waals surface area contributed by atoms with E-state index in [4.69, 9.17) is 9.47 Å². The molecule has 0 radical (unpaired) electrons. The molecule has 1 fully saturated rings. The molecule has 0 spiro atoms. The average Bonchev–Trinajstić information content (AvgIpc) is 2.62. The van der Waals surface area contributed by atoms with Crippen LogP contribution in [0.25, 0.3) is 0 Å². The molecule has 0 bridgehead atoms. The van der Waals surface area contributed by atoms with E-state index in [9.17, 15) is 0 Å². The molecule has 0 aromatic carbocycles. The summed E-state index contributed by atoms with van der Waals surface area (Å²) in [6.45, 7) is 12.4. The van der Waals surface area contributed by atoms with Crippen molar-refractivity contribution in [2.75, 3.05) is 26.4 Å². The van der Waals surface area contributed by atoms with Crippen LogP contribution in [0.5, 0.6) is 0 Å². The molecule has 1 rings (SSSR count). The smallest absolute Gasteiger partial charge is 0.0734 e. The second kappa shape index (κ2) is 8.13. The van der Waals surface area contributed by atoms with Crippen molar-refractivity contribution in [2.24, 2.45) is 5.41 Å². The quantitative estimate of drug-likeness (QED) is 0.644. The van der Waals surface area contributed by atoms with Crippen LogP contribution in [0.4, 0.5) is 0 Å². The van der Waals surface area contributed by atoms with Crippen LogP contribution in [0, 0.1) is 5.41 Å². The maximum absolute atomic E-state index is 6.01. The molecule has 18 heavy (non-hydrogen) atoms. The summed E-state index contributed by atoms with van der Waals surface area (Å²) in [5, 5.41) is 3.66. The maximum Gasteiger partial charge on any atom is 0.0734 e. The van der Waals surface area contributed by atoms with E-state index in [1.54, 1.807) is 0 Å². The van der Waals surface area contributed by atoms with Gasteiger partial charge in [0.15, 0.2) is 0 Å². The Balaban J connectivity index is 2.29. The SMILES string of the molecule is CCCNC1C(OCCOCCC)CCC1(C)C. The van der Waals surface area contributed by atoms with Crippen molar-refractivity contribution in [3.8, 4) is 0 Å². The molecule has 0 aromatic rings. The van der Waals surface area contributed by atoms with Crippen molar-refractivity contribution in [1.29, 1.82) is 0 Å². The number of ether oxygens (including phenoxy) is 2. The van der Waals surface area contributed by atoms with E-state index in [1.807, 2.05) is 0 Å². The van der Waals surface area contributed by atoms with Gasteiger partial charge in [-0.2, -0.15) is 0 Å². The van der Waals surface area contributed by atoms with Gasteiger partial charge in [-0.15, -0.1) is 0 Å². The molecule has 0 aromatic heterocycles. The molecule has 3 nitrogen and oxygen atoms in total. The molecule has 2 unspecified atom stereocenters. The lowest BCUT2D eigenvalue weighted by Gasteiger charge is -2.31. The van der Waals surface area contributed by atoms with Gasteiger partial charge in [0, 0.05) is 12.6 Å². The fourth-order valence-corrected chi connectivity index (χ4v) is 2.73. The summed E-state index contributed by atoms with van der Waals surface area (Å²) in [6.07, 6.45) is 5.03. The van der Waals surface area contributed by atoms with Gasteiger partial charge >= 0.3 is 0 Å². The van der Waals surface area contributed by atoms with Gasteiger partial charge in [0.25, 0.3) is 0 Å². The van der Waals surface area contributed by atoms with E-state index in [-0.39, 0.29) is 0 Å². The van der Waals surface area contributed by atoms with E-state index < -0.39 is 0 Å². The molecule has 2 atom stereocenters. The van der Waals surface area contributed by atoms with E-state index in [0.29, 0.717) is 17.6 Å². The van der Waals surface area contributed by atoms with Gasteiger partial charge in [0.2, 0.25) is 0 Å². The highest BCUT2D eigenvalue weighted by molar-refractivity contribution is 4.97. The van der Waals surface area contributed by atoms with Crippen LogP contribution in [0.1, 0.15) is 53.4 Å². The third kappa shape index (κ3) is 4.87. The summed E-state index contributed by atoms with van der Waals surface area (Å²) < 4.78 is 11.5. The number of rotatable bonds is 9. The molecule has 1 aliphatic carbocycles. The van der Waals surface area contributed by atoms with Gasteiger partial charge < -0.3 is 14.8 Å². The molecule has 0 aliphatic heterocycles. The minimum Gasteiger partial charge on any atom is -0.379 e. The van der Waals surface area contributed by atoms with Gasteiger partial charge in [-0.1, -0.05) is 27.7 Å². The highest BCUT2D eigenvalue weighted by Gasteiger charge is 2.41. The normalized spacial score (nSPS) is 26.7. The fourth-order valence-electron chi connectivity index (χ4n) is 2.73. The van der Waals surface area contributed by atoms with Crippen molar-refractivity contribution in [2.45, 2.75) is 65.5 Å². The van der Waals surface area contributed by atoms with Crippen molar-refractivity contribution in [1.82, 2.24) is 5.32 Å². The minimum absolute atomic E-state index is 0.351. The van der Waals surface area contributed by atoms with Crippen LogP contribution in [-0.4, -0.2) is 38.5 Å². The zero-order valence-corrected chi connectivity index (χ0v) is 12.6. The zero-order valence-electron chi connectivity index (χ0n) is 12.6. The second-order valence-corrected chi connectivity index (χ2v) is 5.98. The Labute approximate surface area is 113 Å². The van der Waals surface area contributed by atoms with E-state index >= 15 is 0 Å². The molecular formula is C15H31NO2. The highest BCUT2D eigenvalue weighted by Crippen LogP contribution is 2.38. The summed E-state index contributed by atoms with van der Waals surface area (Å²) in [7, 11) is 0. The number of hydrogen-bond donors (Lipinski definition) is 1. The lowest BCUT2D eigenvalue weighted by atomic mass is 9.87. The second-order valence-electron chi connectivity index (χ2n) is 5.98. The van der Waals surface area contributed by atoms with E-state index in [2.05, 4.69) is 33.0 Å². The third-order valence-electron chi connectivity index (χ3n) is 3.81. The lowest BCUT2D eigenvalue weighted by Crippen LogP contribution is -2.46. The Morgan fingerprint density at radius 2 is 1.89 bits per heavy atom. The van der Waals surface area contributed by atoms with Crippen LogP contribution in [0.3, 0.4) is 0 Å². The van der Waals surface area contributed by atoms with E-state index in [1.165, 1.54) is 19.3 Å². The maximum atomic E-state index is 6.01. The van der Waals surface area contributed by atoms with Crippen molar-refractivity contribution in [3.63, 3.8) is 0 Å². The Bertz CT molecular complexity index is 219. The Morgan fingerprint density at radius 3 is 2.56 bits per heavy atom. The van der Waals surface area contributed by atoms with Crippen molar-refractivity contribution >= 4 is 0 Å². The summed E-state index contributed by atoms with van der Waals surface area (Å²) in [4.78, 5) is 0. The molecule has 108 valence electrons. The summed E-state index contributed by atoms with van der Waals surface area (Å²) in [6, 6.07) is 0.489. The van der Waals surface area contributed by atoms with Gasteiger partial charge in [-0.3, -0.25) is 0 Å². The molecular weight excluding hydrogens is 226 g/mol. The largest absolute Gasteiger partial charge is 0.379 e. The van der Waals surface area contributed by atoms with Gasteiger partial charge in [-0.05, 0) is 37.6 Å². The first-order valence-electron chi connectivity index (χ1n) is 7.54. The van der Waals surface area contributed by atoms with Crippen LogP contribution >= 0.6 is 0 Å². The standard InChI is InChI=1S/C15H31NO2/c1-5-9-16-14-13(7-8-15(14,3)4)18-12-11-17-10-6-2/h13-14,16H,5-12H2,1-4H3. The Morgan fingerprint density at radius 1 is 1.11 bits per heavy atom. The van der Waals surface area contributed by atoms with Gasteiger partial charge in [0.1, 0.15) is 0 Å². The molecule has 3 heteroatoms. The first-order valence-corrected chi connectivity index (χ1v) is 7.54. The van der Waals surface area contributed by atoms with Crippen LogP contribution in [-0.2, 0) is 9.47 Å². The zero-order chi connectivity index (χ0) is 13.4. The van der Waals surface area contributed by atoms with Crippen molar-refractivity contribution in [3.05, 3.63) is 0 Å². The predicted molar refractivity (Wildman–Crippen MR) is 75.9 cm³/mol. The fraction of sp³-hybridized carbons (Fsp3) is 1.00. The highest BCUT2D eigenvalue weighted by atomic mass is 16.5. The monoisotopic (exact) mass is 257 g/mol. The molecule has 1 aliphatic rings. The Kier molecular flexibility index (Phi) is 7.20. The molecule has 1 N–H and O–H groups in total. The minimum atomic E-state index is 0.351. The van der Waals surface area contributed by atoms with Crippen LogP contribution < -0.4 is 5.32 Å². The van der Waals surface area contributed by atoms with Crippen LogP contribution in [0.2, 0.25) is 0 Å². The van der Waals surface area contributed by atoms with E-state index in [0.717, 1.165) is 32.8 Å². The molecule has 1 saturated carbocycles. The van der Waals surface area contributed by atoms with Gasteiger partial charge in [-0.25, -0.2) is 0 Å². The molecule has 0 amide bonds. The predicted octanol–water partition coefficient (Wildman–Crippen LogP) is 2.99. The number of nitrogens with one attached hydrogen (secondary N) is 1. The lowest BCUT2D eigenvalue weighted by molar-refractivity contribution is -0.0102. The first-order chi connectivity index (χ1) is 8.61. The molecule has 0 saturated heterocycles. The Hall–Kier alpha value is -0.120. The summed E-state index contributed by atoms with van der Waals surface area (Å²) >= 11 is 0. The van der Waals surface area contributed by atoms with Gasteiger partial charge in [0.05, 0.1) is 19.3 Å². The first kappa shape index (κ1) is 15.9. The average molecular weight is 257 g/mol.